The highest BCUT2D eigenvalue weighted by molar-refractivity contribution is 6.33. The summed E-state index contributed by atoms with van der Waals surface area (Å²) in [5.41, 5.74) is 1.84. The smallest absolute Gasteiger partial charge is 0.0701 e. The lowest BCUT2D eigenvalue weighted by Crippen LogP contribution is -2.37. The van der Waals surface area contributed by atoms with Gasteiger partial charge in [0.05, 0.1) is 36.6 Å². The van der Waals surface area contributed by atoms with Crippen LogP contribution in [-0.4, -0.2) is 42.6 Å². The summed E-state index contributed by atoms with van der Waals surface area (Å²) in [4.78, 5) is 2.24. The van der Waals surface area contributed by atoms with Gasteiger partial charge in [-0.3, -0.25) is 0 Å². The highest BCUT2D eigenvalue weighted by Crippen LogP contribution is 2.29. The molecule has 0 aliphatic carbocycles. The number of benzene rings is 1. The molecule has 1 saturated heterocycles. The molecule has 1 aliphatic rings. The summed E-state index contributed by atoms with van der Waals surface area (Å²) in [6, 6.07) is 5.67. The van der Waals surface area contributed by atoms with E-state index >= 15 is 0 Å². The van der Waals surface area contributed by atoms with E-state index in [0.29, 0.717) is 11.6 Å². The predicted molar refractivity (Wildman–Crippen MR) is 75.6 cm³/mol. The first-order chi connectivity index (χ1) is 9.24. The van der Waals surface area contributed by atoms with Gasteiger partial charge in [0.1, 0.15) is 0 Å². The summed E-state index contributed by atoms with van der Waals surface area (Å²) in [7, 11) is 0. The lowest BCUT2D eigenvalue weighted by Gasteiger charge is -2.34. The van der Waals surface area contributed by atoms with E-state index in [1.807, 2.05) is 18.2 Å². The van der Waals surface area contributed by atoms with Crippen molar-refractivity contribution in [1.29, 1.82) is 0 Å². The minimum absolute atomic E-state index is 0.0110. The first-order valence-electron chi connectivity index (χ1n) is 6.61. The standard InChI is InChI=1S/C14H20ClNO3/c15-13-9-11(10-18)1-2-14(13)16-5-3-12(4-6-16)19-8-7-17/h1-2,9,12,17-18H,3-8,10H2. The fraction of sp³-hybridized carbons (Fsp3) is 0.571. The second-order valence-corrected chi connectivity index (χ2v) is 5.13. The van der Waals surface area contributed by atoms with Crippen LogP contribution in [0.15, 0.2) is 18.2 Å². The van der Waals surface area contributed by atoms with Crippen LogP contribution >= 0.6 is 11.6 Å². The van der Waals surface area contributed by atoms with E-state index in [-0.39, 0.29) is 19.3 Å². The number of rotatable bonds is 5. The normalized spacial score (nSPS) is 16.9. The van der Waals surface area contributed by atoms with Gasteiger partial charge in [0.2, 0.25) is 0 Å². The maximum atomic E-state index is 9.07. The summed E-state index contributed by atoms with van der Waals surface area (Å²) in [6.45, 7) is 2.30. The Morgan fingerprint density at radius 1 is 1.26 bits per heavy atom. The largest absolute Gasteiger partial charge is 0.394 e. The van der Waals surface area contributed by atoms with E-state index in [4.69, 9.17) is 26.6 Å². The molecule has 0 atom stereocenters. The van der Waals surface area contributed by atoms with Gasteiger partial charge in [0.15, 0.2) is 0 Å². The highest BCUT2D eigenvalue weighted by Gasteiger charge is 2.21. The summed E-state index contributed by atoms with van der Waals surface area (Å²) < 4.78 is 5.54. The van der Waals surface area contributed by atoms with Crippen molar-refractivity contribution in [3.05, 3.63) is 28.8 Å². The first-order valence-corrected chi connectivity index (χ1v) is 6.99. The van der Waals surface area contributed by atoms with Gasteiger partial charge in [-0.1, -0.05) is 17.7 Å². The van der Waals surface area contributed by atoms with E-state index in [0.717, 1.165) is 37.2 Å². The Kier molecular flexibility index (Phi) is 5.45. The number of aliphatic hydroxyl groups is 2. The molecule has 1 aromatic carbocycles. The van der Waals surface area contributed by atoms with Crippen LogP contribution < -0.4 is 4.90 Å². The molecule has 4 nitrogen and oxygen atoms in total. The van der Waals surface area contributed by atoms with Crippen LogP contribution in [-0.2, 0) is 11.3 Å². The van der Waals surface area contributed by atoms with Crippen LogP contribution in [0, 0.1) is 0 Å². The Labute approximate surface area is 118 Å². The zero-order valence-corrected chi connectivity index (χ0v) is 11.6. The third-order valence-electron chi connectivity index (χ3n) is 3.42. The lowest BCUT2D eigenvalue weighted by molar-refractivity contribution is 0.0159. The molecule has 0 aromatic heterocycles. The van der Waals surface area contributed by atoms with Crippen LogP contribution in [0.5, 0.6) is 0 Å². The number of aliphatic hydroxyl groups excluding tert-OH is 2. The van der Waals surface area contributed by atoms with Gasteiger partial charge in [0.25, 0.3) is 0 Å². The number of anilines is 1. The van der Waals surface area contributed by atoms with Gasteiger partial charge >= 0.3 is 0 Å². The Bertz CT molecular complexity index is 406. The number of piperidine rings is 1. The van der Waals surface area contributed by atoms with Crippen molar-refractivity contribution >= 4 is 17.3 Å². The number of nitrogens with zero attached hydrogens (tertiary/aromatic N) is 1. The highest BCUT2D eigenvalue weighted by atomic mass is 35.5. The van der Waals surface area contributed by atoms with Gasteiger partial charge in [-0.05, 0) is 30.5 Å². The monoisotopic (exact) mass is 285 g/mol. The zero-order chi connectivity index (χ0) is 13.7. The summed E-state index contributed by atoms with van der Waals surface area (Å²) in [5, 5.41) is 18.5. The molecular weight excluding hydrogens is 266 g/mol. The van der Waals surface area contributed by atoms with E-state index < -0.39 is 0 Å². The SMILES string of the molecule is OCCOC1CCN(c2ccc(CO)cc2Cl)CC1. The van der Waals surface area contributed by atoms with Crippen molar-refractivity contribution in [3.63, 3.8) is 0 Å². The summed E-state index contributed by atoms with van der Waals surface area (Å²) in [6.07, 6.45) is 2.12. The summed E-state index contributed by atoms with van der Waals surface area (Å²) >= 11 is 6.24. The Balaban J connectivity index is 1.94. The maximum Gasteiger partial charge on any atom is 0.0701 e. The fourth-order valence-electron chi connectivity index (χ4n) is 2.39. The molecule has 106 valence electrons. The van der Waals surface area contributed by atoms with Crippen molar-refractivity contribution in [2.24, 2.45) is 0 Å². The molecule has 0 amide bonds. The molecule has 1 heterocycles. The lowest BCUT2D eigenvalue weighted by atomic mass is 10.1. The quantitative estimate of drug-likeness (QED) is 0.866. The van der Waals surface area contributed by atoms with Gasteiger partial charge in [-0.15, -0.1) is 0 Å². The molecule has 0 saturated carbocycles. The minimum Gasteiger partial charge on any atom is -0.394 e. The maximum absolute atomic E-state index is 9.07. The molecule has 2 rings (SSSR count). The average Bonchev–Trinajstić information content (AvgIpc) is 2.45. The molecule has 0 bridgehead atoms. The molecule has 0 radical (unpaired) electrons. The number of hydrogen-bond acceptors (Lipinski definition) is 4. The second kappa shape index (κ2) is 7.10. The molecule has 1 aromatic rings. The van der Waals surface area contributed by atoms with E-state index in [2.05, 4.69) is 4.90 Å². The van der Waals surface area contributed by atoms with Crippen LogP contribution in [0.4, 0.5) is 5.69 Å². The van der Waals surface area contributed by atoms with Gasteiger partial charge < -0.3 is 19.8 Å². The topological polar surface area (TPSA) is 52.9 Å². The molecule has 5 heteroatoms. The van der Waals surface area contributed by atoms with Gasteiger partial charge in [-0.25, -0.2) is 0 Å². The van der Waals surface area contributed by atoms with E-state index in [1.165, 1.54) is 0 Å². The third-order valence-corrected chi connectivity index (χ3v) is 3.72. The first kappa shape index (κ1) is 14.6. The predicted octanol–water partition coefficient (Wildman–Crippen LogP) is 1.81. The molecule has 1 aliphatic heterocycles. The van der Waals surface area contributed by atoms with Crippen molar-refractivity contribution in [2.45, 2.75) is 25.6 Å². The number of ether oxygens (including phenoxy) is 1. The van der Waals surface area contributed by atoms with Crippen LogP contribution in [0.3, 0.4) is 0 Å². The Morgan fingerprint density at radius 2 is 2.00 bits per heavy atom. The van der Waals surface area contributed by atoms with Crippen molar-refractivity contribution in [2.75, 3.05) is 31.2 Å². The number of halogens is 1. The Morgan fingerprint density at radius 3 is 2.58 bits per heavy atom. The van der Waals surface area contributed by atoms with Crippen LogP contribution in [0.25, 0.3) is 0 Å². The Hall–Kier alpha value is -0.810. The van der Waals surface area contributed by atoms with Crippen molar-refractivity contribution in [3.8, 4) is 0 Å². The van der Waals surface area contributed by atoms with Crippen LogP contribution in [0.2, 0.25) is 5.02 Å². The number of hydrogen-bond donors (Lipinski definition) is 2. The third kappa shape index (κ3) is 3.83. The second-order valence-electron chi connectivity index (χ2n) is 4.72. The minimum atomic E-state index is 0.0110. The molecular formula is C14H20ClNO3. The molecule has 0 unspecified atom stereocenters. The molecule has 1 fully saturated rings. The van der Waals surface area contributed by atoms with Crippen molar-refractivity contribution < 1.29 is 14.9 Å². The van der Waals surface area contributed by atoms with E-state index in [9.17, 15) is 0 Å². The van der Waals surface area contributed by atoms with E-state index in [1.54, 1.807) is 0 Å². The molecule has 2 N–H and O–H groups in total. The van der Waals surface area contributed by atoms with Crippen molar-refractivity contribution in [1.82, 2.24) is 0 Å². The molecule has 0 spiro atoms. The molecule has 19 heavy (non-hydrogen) atoms. The van der Waals surface area contributed by atoms with Gasteiger partial charge in [0, 0.05) is 13.1 Å². The summed E-state index contributed by atoms with van der Waals surface area (Å²) in [5.74, 6) is 0. The van der Waals surface area contributed by atoms with Crippen LogP contribution in [0.1, 0.15) is 18.4 Å². The van der Waals surface area contributed by atoms with Gasteiger partial charge in [-0.2, -0.15) is 0 Å². The average molecular weight is 286 g/mol. The zero-order valence-electron chi connectivity index (χ0n) is 10.9. The fourth-order valence-corrected chi connectivity index (χ4v) is 2.71.